The minimum absolute atomic E-state index is 0.0420. The van der Waals surface area contributed by atoms with Crippen LogP contribution in [0.15, 0.2) is 52.3 Å². The van der Waals surface area contributed by atoms with E-state index in [9.17, 15) is 16.8 Å². The number of fused-ring (bicyclic) bond motifs is 1. The number of aromatic nitrogens is 2. The zero-order chi connectivity index (χ0) is 20.5. The lowest BCUT2D eigenvalue weighted by Crippen LogP contribution is -2.35. The SMILES string of the molecule is O=S(=O)(NCc1ccc(S(=O)(=O)N2CCCCC2)cc1)c1cccc2nsnc12. The fourth-order valence-electron chi connectivity index (χ4n) is 3.29. The first-order valence-electron chi connectivity index (χ1n) is 9.18. The van der Waals surface area contributed by atoms with Crippen molar-refractivity contribution in [2.75, 3.05) is 13.1 Å². The lowest BCUT2D eigenvalue weighted by molar-refractivity contribution is 0.346. The van der Waals surface area contributed by atoms with Crippen LogP contribution < -0.4 is 4.72 Å². The van der Waals surface area contributed by atoms with Crippen molar-refractivity contribution in [1.82, 2.24) is 17.8 Å². The van der Waals surface area contributed by atoms with Crippen molar-refractivity contribution in [3.8, 4) is 0 Å². The highest BCUT2D eigenvalue weighted by molar-refractivity contribution is 7.89. The zero-order valence-corrected chi connectivity index (χ0v) is 17.9. The maximum absolute atomic E-state index is 12.7. The third-order valence-electron chi connectivity index (χ3n) is 4.88. The molecule has 0 aliphatic carbocycles. The van der Waals surface area contributed by atoms with Crippen molar-refractivity contribution in [3.63, 3.8) is 0 Å². The molecule has 0 radical (unpaired) electrons. The van der Waals surface area contributed by atoms with E-state index in [0.717, 1.165) is 31.0 Å². The number of rotatable bonds is 6. The average Bonchev–Trinajstić information content (AvgIpc) is 3.22. The summed E-state index contributed by atoms with van der Waals surface area (Å²) in [5.41, 5.74) is 1.54. The first-order chi connectivity index (χ1) is 13.9. The third-order valence-corrected chi connectivity index (χ3v) is 8.77. The van der Waals surface area contributed by atoms with Crippen molar-refractivity contribution in [2.24, 2.45) is 0 Å². The van der Waals surface area contributed by atoms with Crippen molar-refractivity contribution < 1.29 is 16.8 Å². The average molecular weight is 453 g/mol. The molecular weight excluding hydrogens is 432 g/mol. The molecule has 0 atom stereocenters. The van der Waals surface area contributed by atoms with E-state index >= 15 is 0 Å². The smallest absolute Gasteiger partial charge is 0.207 e. The Morgan fingerprint density at radius 2 is 1.66 bits per heavy atom. The van der Waals surface area contributed by atoms with Crippen LogP contribution in [0.3, 0.4) is 0 Å². The van der Waals surface area contributed by atoms with Gasteiger partial charge in [0.1, 0.15) is 15.9 Å². The Labute approximate surface area is 174 Å². The normalized spacial score (nSPS) is 16.3. The number of nitrogens with one attached hydrogen (secondary N) is 1. The summed E-state index contributed by atoms with van der Waals surface area (Å²) in [6.07, 6.45) is 2.80. The van der Waals surface area contributed by atoms with Gasteiger partial charge in [-0.1, -0.05) is 24.6 Å². The highest BCUT2D eigenvalue weighted by atomic mass is 32.2. The Hall–Kier alpha value is -1.92. The monoisotopic (exact) mass is 452 g/mol. The first kappa shape index (κ1) is 20.4. The van der Waals surface area contributed by atoms with Crippen LogP contribution in [0.5, 0.6) is 0 Å². The number of piperidine rings is 1. The summed E-state index contributed by atoms with van der Waals surface area (Å²) in [6, 6.07) is 11.1. The summed E-state index contributed by atoms with van der Waals surface area (Å²) in [5, 5.41) is 0. The number of sulfonamides is 2. The molecular formula is C18H20N4O4S3. The van der Waals surface area contributed by atoms with Crippen LogP contribution in [-0.2, 0) is 26.6 Å². The van der Waals surface area contributed by atoms with Gasteiger partial charge in [-0.25, -0.2) is 21.6 Å². The Bertz CT molecular complexity index is 1220. The Kier molecular flexibility index (Phi) is 5.67. The highest BCUT2D eigenvalue weighted by Crippen LogP contribution is 2.22. The molecule has 1 fully saturated rings. The molecule has 8 nitrogen and oxygen atoms in total. The van der Waals surface area contributed by atoms with Crippen LogP contribution >= 0.6 is 11.7 Å². The predicted molar refractivity (Wildman–Crippen MR) is 110 cm³/mol. The Morgan fingerprint density at radius 1 is 0.931 bits per heavy atom. The molecule has 11 heteroatoms. The molecule has 1 N–H and O–H groups in total. The summed E-state index contributed by atoms with van der Waals surface area (Å²) in [7, 11) is -7.29. The van der Waals surface area contributed by atoms with Gasteiger partial charge in [-0.05, 0) is 42.7 Å². The van der Waals surface area contributed by atoms with Gasteiger partial charge in [0.15, 0.2) is 0 Å². The van der Waals surface area contributed by atoms with E-state index in [1.165, 1.54) is 22.5 Å². The second-order valence-corrected chi connectivity index (χ2v) is 11.0. The molecule has 3 aromatic rings. The lowest BCUT2D eigenvalue weighted by atomic mass is 10.2. The number of hydrogen-bond donors (Lipinski definition) is 1. The van der Waals surface area contributed by atoms with Gasteiger partial charge in [0.05, 0.1) is 16.6 Å². The molecule has 4 rings (SSSR count). The first-order valence-corrected chi connectivity index (χ1v) is 12.8. The van der Waals surface area contributed by atoms with E-state index in [4.69, 9.17) is 0 Å². The molecule has 2 heterocycles. The standard InChI is InChI=1S/C18H20N4O4S3/c23-28(24,17-6-4-5-16-18(17)21-27-20-16)19-13-14-7-9-15(10-8-14)29(25,26)22-11-2-1-3-12-22/h4-10,19H,1-3,11-13H2. The number of benzene rings is 2. The van der Waals surface area contributed by atoms with Gasteiger partial charge in [0, 0.05) is 19.6 Å². The molecule has 0 saturated carbocycles. The topological polar surface area (TPSA) is 109 Å². The molecule has 1 aliphatic rings. The van der Waals surface area contributed by atoms with Crippen molar-refractivity contribution in [3.05, 3.63) is 48.0 Å². The summed E-state index contributed by atoms with van der Waals surface area (Å²) >= 11 is 0.960. The maximum Gasteiger partial charge on any atom is 0.243 e. The van der Waals surface area contributed by atoms with Crippen molar-refractivity contribution in [2.45, 2.75) is 35.6 Å². The highest BCUT2D eigenvalue weighted by Gasteiger charge is 2.26. The molecule has 0 amide bonds. The molecule has 1 aromatic heterocycles. The van der Waals surface area contributed by atoms with Crippen molar-refractivity contribution in [1.29, 1.82) is 0 Å². The molecule has 1 aliphatic heterocycles. The van der Waals surface area contributed by atoms with Crippen LogP contribution in [0.2, 0.25) is 0 Å². The van der Waals surface area contributed by atoms with Gasteiger partial charge in [-0.15, -0.1) is 0 Å². The van der Waals surface area contributed by atoms with E-state index in [1.54, 1.807) is 24.3 Å². The lowest BCUT2D eigenvalue weighted by Gasteiger charge is -2.25. The third kappa shape index (κ3) is 4.19. The number of hydrogen-bond acceptors (Lipinski definition) is 7. The summed E-state index contributed by atoms with van der Waals surface area (Å²) in [5.74, 6) is 0. The van der Waals surface area contributed by atoms with Crippen LogP contribution in [0.1, 0.15) is 24.8 Å². The maximum atomic E-state index is 12.7. The zero-order valence-electron chi connectivity index (χ0n) is 15.5. The second kappa shape index (κ2) is 8.07. The molecule has 0 bridgehead atoms. The van der Waals surface area contributed by atoms with Gasteiger partial charge in [-0.3, -0.25) is 0 Å². The van der Waals surface area contributed by atoms with E-state index in [0.29, 0.717) is 29.7 Å². The molecule has 29 heavy (non-hydrogen) atoms. The largest absolute Gasteiger partial charge is 0.243 e. The number of nitrogens with zero attached hydrogens (tertiary/aromatic N) is 3. The summed E-state index contributed by atoms with van der Waals surface area (Å²) < 4.78 is 62.9. The minimum Gasteiger partial charge on any atom is -0.207 e. The minimum atomic E-state index is -3.78. The van der Waals surface area contributed by atoms with Crippen LogP contribution in [0.4, 0.5) is 0 Å². The van der Waals surface area contributed by atoms with Gasteiger partial charge in [-0.2, -0.15) is 13.1 Å². The van der Waals surface area contributed by atoms with Crippen LogP contribution in [0.25, 0.3) is 11.0 Å². The van der Waals surface area contributed by atoms with Crippen molar-refractivity contribution >= 4 is 42.8 Å². The van der Waals surface area contributed by atoms with Gasteiger partial charge < -0.3 is 0 Å². The quantitative estimate of drug-likeness (QED) is 0.615. The van der Waals surface area contributed by atoms with Crippen LogP contribution in [0, 0.1) is 0 Å². The van der Waals surface area contributed by atoms with E-state index < -0.39 is 20.0 Å². The Morgan fingerprint density at radius 3 is 2.38 bits per heavy atom. The van der Waals surface area contributed by atoms with E-state index in [1.807, 2.05) is 0 Å². The predicted octanol–water partition coefficient (Wildman–Crippen LogP) is 2.34. The van der Waals surface area contributed by atoms with E-state index in [2.05, 4.69) is 13.5 Å². The van der Waals surface area contributed by atoms with E-state index in [-0.39, 0.29) is 16.3 Å². The summed E-state index contributed by atoms with van der Waals surface area (Å²) in [6.45, 7) is 1.13. The summed E-state index contributed by atoms with van der Waals surface area (Å²) in [4.78, 5) is 0.303. The Balaban J connectivity index is 1.48. The molecule has 0 unspecified atom stereocenters. The fourth-order valence-corrected chi connectivity index (χ4v) is 6.59. The van der Waals surface area contributed by atoms with Crippen LogP contribution in [-0.4, -0.2) is 43.0 Å². The fraction of sp³-hybridized carbons (Fsp3) is 0.333. The van der Waals surface area contributed by atoms with Gasteiger partial charge >= 0.3 is 0 Å². The molecule has 0 spiro atoms. The van der Waals surface area contributed by atoms with Gasteiger partial charge in [0.25, 0.3) is 0 Å². The molecule has 2 aromatic carbocycles. The molecule has 154 valence electrons. The van der Waals surface area contributed by atoms with Gasteiger partial charge in [0.2, 0.25) is 20.0 Å². The second-order valence-electron chi connectivity index (χ2n) is 6.82. The molecule has 1 saturated heterocycles.